The van der Waals surface area contributed by atoms with Gasteiger partial charge in [0.2, 0.25) is 11.9 Å². The highest BCUT2D eigenvalue weighted by atomic mass is 16.3. The number of rotatable bonds is 3. The molecule has 1 aromatic rings. The number of carbonyl (C=O) groups excluding carboxylic acids is 1. The average molecular weight is 290 g/mol. The summed E-state index contributed by atoms with van der Waals surface area (Å²) in [5.41, 5.74) is 0. The van der Waals surface area contributed by atoms with Crippen molar-refractivity contribution in [1.29, 1.82) is 0 Å². The first-order valence-corrected chi connectivity index (χ1v) is 7.76. The Hall–Kier alpha value is -1.69. The zero-order valence-electron chi connectivity index (χ0n) is 12.1. The number of hydrogen-bond donors (Lipinski definition) is 2. The third-order valence-corrected chi connectivity index (χ3v) is 4.41. The van der Waals surface area contributed by atoms with E-state index in [-0.39, 0.29) is 24.1 Å². The molecule has 2 heterocycles. The van der Waals surface area contributed by atoms with Crippen LogP contribution in [0.5, 0.6) is 0 Å². The van der Waals surface area contributed by atoms with Crippen LogP contribution in [0.3, 0.4) is 0 Å². The van der Waals surface area contributed by atoms with E-state index in [0.717, 1.165) is 45.1 Å². The molecule has 3 rings (SSSR count). The predicted octanol–water partition coefficient (Wildman–Crippen LogP) is 0.865. The van der Waals surface area contributed by atoms with E-state index in [4.69, 9.17) is 0 Å². The molecule has 6 nitrogen and oxygen atoms in total. The number of nitrogens with one attached hydrogen (secondary N) is 1. The van der Waals surface area contributed by atoms with Gasteiger partial charge in [-0.2, -0.15) is 0 Å². The van der Waals surface area contributed by atoms with E-state index < -0.39 is 0 Å². The Labute approximate surface area is 124 Å². The van der Waals surface area contributed by atoms with E-state index >= 15 is 0 Å². The number of aliphatic hydroxyl groups excluding tert-OH is 1. The van der Waals surface area contributed by atoms with Crippen LogP contribution in [-0.4, -0.2) is 45.7 Å². The first kappa shape index (κ1) is 14.3. The Morgan fingerprint density at radius 2 is 1.90 bits per heavy atom. The maximum atomic E-state index is 12.5. The molecule has 1 aliphatic carbocycles. The highest BCUT2D eigenvalue weighted by Crippen LogP contribution is 2.23. The molecule has 0 aromatic carbocycles. The van der Waals surface area contributed by atoms with E-state index in [1.807, 2.05) is 4.90 Å². The molecule has 0 spiro atoms. The highest BCUT2D eigenvalue weighted by Gasteiger charge is 2.33. The second-order valence-electron chi connectivity index (χ2n) is 5.91. The van der Waals surface area contributed by atoms with Crippen molar-refractivity contribution < 1.29 is 9.90 Å². The van der Waals surface area contributed by atoms with E-state index in [1.54, 1.807) is 18.5 Å². The van der Waals surface area contributed by atoms with Gasteiger partial charge in [-0.3, -0.25) is 4.79 Å². The Morgan fingerprint density at radius 1 is 1.19 bits per heavy atom. The van der Waals surface area contributed by atoms with Gasteiger partial charge in [0, 0.05) is 25.0 Å². The summed E-state index contributed by atoms with van der Waals surface area (Å²) in [6.07, 6.45) is 8.33. The minimum Gasteiger partial charge on any atom is -0.393 e. The second-order valence-corrected chi connectivity index (χ2v) is 5.91. The van der Waals surface area contributed by atoms with Crippen molar-refractivity contribution in [2.75, 3.05) is 11.4 Å². The zero-order valence-corrected chi connectivity index (χ0v) is 12.1. The van der Waals surface area contributed by atoms with Gasteiger partial charge in [-0.15, -0.1) is 0 Å². The lowest BCUT2D eigenvalue weighted by Gasteiger charge is -2.29. The van der Waals surface area contributed by atoms with E-state index in [9.17, 15) is 9.90 Å². The molecule has 2 N–H and O–H groups in total. The number of amides is 1. The van der Waals surface area contributed by atoms with Crippen LogP contribution in [0.25, 0.3) is 0 Å². The molecule has 1 aromatic heterocycles. The standard InChI is InChI=1S/C15H22N4O2/c20-12-6-4-11(5-7-12)18-14(21)13-3-1-10-19(13)15-16-8-2-9-17-15/h2,8-9,11-13,20H,1,3-7,10H2,(H,18,21). The van der Waals surface area contributed by atoms with Crippen molar-refractivity contribution in [3.05, 3.63) is 18.5 Å². The first-order chi connectivity index (χ1) is 10.2. The van der Waals surface area contributed by atoms with Crippen molar-refractivity contribution in [3.8, 4) is 0 Å². The smallest absolute Gasteiger partial charge is 0.243 e. The van der Waals surface area contributed by atoms with Crippen molar-refractivity contribution in [2.45, 2.75) is 56.7 Å². The number of nitrogens with zero attached hydrogens (tertiary/aromatic N) is 3. The van der Waals surface area contributed by atoms with Crippen LogP contribution in [0.1, 0.15) is 38.5 Å². The topological polar surface area (TPSA) is 78.4 Å². The third-order valence-electron chi connectivity index (χ3n) is 4.41. The fraction of sp³-hybridized carbons (Fsp3) is 0.667. The lowest BCUT2D eigenvalue weighted by Crippen LogP contribution is -2.48. The molecule has 1 aliphatic heterocycles. The van der Waals surface area contributed by atoms with Gasteiger partial charge >= 0.3 is 0 Å². The fourth-order valence-corrected chi connectivity index (χ4v) is 3.24. The van der Waals surface area contributed by atoms with Gasteiger partial charge in [0.25, 0.3) is 0 Å². The maximum Gasteiger partial charge on any atom is 0.243 e. The van der Waals surface area contributed by atoms with E-state index in [1.165, 1.54) is 0 Å². The van der Waals surface area contributed by atoms with Crippen molar-refractivity contribution >= 4 is 11.9 Å². The summed E-state index contributed by atoms with van der Waals surface area (Å²) >= 11 is 0. The quantitative estimate of drug-likeness (QED) is 0.863. The number of hydrogen-bond acceptors (Lipinski definition) is 5. The third kappa shape index (κ3) is 3.32. The largest absolute Gasteiger partial charge is 0.393 e. The summed E-state index contributed by atoms with van der Waals surface area (Å²) in [5.74, 6) is 0.704. The number of aromatic nitrogens is 2. The van der Waals surface area contributed by atoms with Gasteiger partial charge in [-0.25, -0.2) is 9.97 Å². The van der Waals surface area contributed by atoms with E-state index in [2.05, 4.69) is 15.3 Å². The van der Waals surface area contributed by atoms with Crippen molar-refractivity contribution in [3.63, 3.8) is 0 Å². The van der Waals surface area contributed by atoms with Crippen LogP contribution in [-0.2, 0) is 4.79 Å². The van der Waals surface area contributed by atoms with Crippen LogP contribution in [0.15, 0.2) is 18.5 Å². The van der Waals surface area contributed by atoms with Gasteiger partial charge in [-0.1, -0.05) is 0 Å². The van der Waals surface area contributed by atoms with Crippen molar-refractivity contribution in [1.82, 2.24) is 15.3 Å². The highest BCUT2D eigenvalue weighted by molar-refractivity contribution is 5.85. The summed E-state index contributed by atoms with van der Waals surface area (Å²) in [5, 5.41) is 12.7. The van der Waals surface area contributed by atoms with Crippen LogP contribution in [0.4, 0.5) is 5.95 Å². The Bertz CT molecular complexity index is 474. The summed E-state index contributed by atoms with van der Waals surface area (Å²) < 4.78 is 0. The molecule has 0 bridgehead atoms. The van der Waals surface area contributed by atoms with Crippen LogP contribution in [0.2, 0.25) is 0 Å². The number of carbonyl (C=O) groups is 1. The zero-order chi connectivity index (χ0) is 14.7. The normalized spacial score (nSPS) is 29.4. The van der Waals surface area contributed by atoms with Gasteiger partial charge in [0.1, 0.15) is 6.04 Å². The Kier molecular flexibility index (Phi) is 4.34. The molecule has 114 valence electrons. The summed E-state index contributed by atoms with van der Waals surface area (Å²) in [6.45, 7) is 0.825. The van der Waals surface area contributed by atoms with Gasteiger partial charge < -0.3 is 15.3 Å². The van der Waals surface area contributed by atoms with Crippen LogP contribution >= 0.6 is 0 Å². The molecule has 0 radical (unpaired) electrons. The van der Waals surface area contributed by atoms with Gasteiger partial charge in [0.05, 0.1) is 6.10 Å². The summed E-state index contributed by atoms with van der Waals surface area (Å²) in [6, 6.07) is 1.81. The monoisotopic (exact) mass is 290 g/mol. The predicted molar refractivity (Wildman–Crippen MR) is 78.8 cm³/mol. The molecular weight excluding hydrogens is 268 g/mol. The van der Waals surface area contributed by atoms with Gasteiger partial charge in [-0.05, 0) is 44.6 Å². The van der Waals surface area contributed by atoms with Crippen LogP contribution in [0, 0.1) is 0 Å². The van der Waals surface area contributed by atoms with Gasteiger partial charge in [0.15, 0.2) is 0 Å². The summed E-state index contributed by atoms with van der Waals surface area (Å²) in [7, 11) is 0. The molecule has 21 heavy (non-hydrogen) atoms. The molecule has 6 heteroatoms. The number of aliphatic hydroxyl groups is 1. The SMILES string of the molecule is O=C(NC1CCC(O)CC1)C1CCCN1c1ncccn1. The van der Waals surface area contributed by atoms with Crippen molar-refractivity contribution in [2.24, 2.45) is 0 Å². The van der Waals surface area contributed by atoms with E-state index in [0.29, 0.717) is 5.95 Å². The summed E-state index contributed by atoms with van der Waals surface area (Å²) in [4.78, 5) is 23.0. The lowest BCUT2D eigenvalue weighted by molar-refractivity contribution is -0.123. The second kappa shape index (κ2) is 6.39. The Morgan fingerprint density at radius 3 is 2.62 bits per heavy atom. The molecule has 1 saturated carbocycles. The minimum atomic E-state index is -0.196. The molecule has 1 amide bonds. The minimum absolute atomic E-state index is 0.0707. The molecule has 2 aliphatic rings. The average Bonchev–Trinajstić information content (AvgIpc) is 3.00. The fourth-order valence-electron chi connectivity index (χ4n) is 3.24. The molecule has 1 unspecified atom stereocenters. The molecular formula is C15H22N4O2. The molecule has 1 saturated heterocycles. The number of anilines is 1. The lowest BCUT2D eigenvalue weighted by atomic mass is 9.93. The van der Waals surface area contributed by atoms with Crippen LogP contribution < -0.4 is 10.2 Å². The Balaban J connectivity index is 1.61. The first-order valence-electron chi connectivity index (χ1n) is 7.76. The molecule has 2 fully saturated rings. The maximum absolute atomic E-state index is 12.5. The molecule has 1 atom stereocenters.